The number of fused-ring (bicyclic) bond motifs is 1. The normalized spacial score (nSPS) is 20.7. The number of anilines is 1. The molecule has 0 bridgehead atoms. The van der Waals surface area contributed by atoms with Crippen molar-refractivity contribution in [3.8, 4) is 0 Å². The molecule has 5 heteroatoms. The maximum Gasteiger partial charge on any atom is 0.204 e. The smallest absolute Gasteiger partial charge is 0.204 e. The molecule has 3 aromatic rings. The van der Waals surface area contributed by atoms with E-state index in [9.17, 15) is 0 Å². The van der Waals surface area contributed by atoms with Gasteiger partial charge in [-0.15, -0.1) is 0 Å². The van der Waals surface area contributed by atoms with Crippen molar-refractivity contribution in [2.45, 2.75) is 44.3 Å². The second-order valence-corrected chi connectivity index (χ2v) is 7.28. The number of hydrogen-bond acceptors (Lipinski definition) is 3. The summed E-state index contributed by atoms with van der Waals surface area (Å²) in [6.07, 6.45) is 4.62. The van der Waals surface area contributed by atoms with Crippen molar-refractivity contribution in [3.63, 3.8) is 0 Å². The predicted octanol–water partition coefficient (Wildman–Crippen LogP) is 4.42. The third kappa shape index (κ3) is 3.51. The molecule has 0 spiro atoms. The van der Waals surface area contributed by atoms with Crippen molar-refractivity contribution >= 4 is 28.6 Å². The molecule has 1 saturated carbocycles. The van der Waals surface area contributed by atoms with E-state index in [-0.39, 0.29) is 12.1 Å². The number of nitrogens with zero attached hydrogens (tertiary/aromatic N) is 2. The van der Waals surface area contributed by atoms with Crippen LogP contribution in [0.2, 0.25) is 5.02 Å². The van der Waals surface area contributed by atoms with E-state index < -0.39 is 0 Å². The van der Waals surface area contributed by atoms with Crippen molar-refractivity contribution < 1.29 is 0 Å². The number of nitrogens with one attached hydrogen (secondary N) is 1. The van der Waals surface area contributed by atoms with E-state index in [1.54, 1.807) is 0 Å². The molecule has 1 aliphatic rings. The molecule has 0 unspecified atom stereocenters. The summed E-state index contributed by atoms with van der Waals surface area (Å²) in [4.78, 5) is 4.82. The van der Waals surface area contributed by atoms with Crippen LogP contribution in [0, 0.1) is 0 Å². The van der Waals surface area contributed by atoms with E-state index in [1.807, 2.05) is 24.3 Å². The zero-order valence-electron chi connectivity index (χ0n) is 14.2. The van der Waals surface area contributed by atoms with Gasteiger partial charge in [0.05, 0.1) is 17.6 Å². The highest BCUT2D eigenvalue weighted by molar-refractivity contribution is 6.30. The second kappa shape index (κ2) is 7.06. The Labute approximate surface area is 153 Å². The third-order valence-electron chi connectivity index (χ3n) is 5.02. The van der Waals surface area contributed by atoms with Gasteiger partial charge in [0.25, 0.3) is 0 Å². The molecule has 4 rings (SSSR count). The minimum Gasteiger partial charge on any atom is -0.351 e. The van der Waals surface area contributed by atoms with Crippen molar-refractivity contribution in [1.82, 2.24) is 9.55 Å². The van der Waals surface area contributed by atoms with Crippen molar-refractivity contribution in [1.29, 1.82) is 0 Å². The maximum absolute atomic E-state index is 6.33. The Bertz CT molecular complexity index is 873. The summed E-state index contributed by atoms with van der Waals surface area (Å²) >= 11 is 6.16. The van der Waals surface area contributed by atoms with E-state index in [1.165, 1.54) is 12.8 Å². The van der Waals surface area contributed by atoms with Crippen molar-refractivity contribution in [2.24, 2.45) is 5.73 Å². The highest BCUT2D eigenvalue weighted by Gasteiger charge is 2.23. The molecular formula is C20H23ClN4. The van der Waals surface area contributed by atoms with Gasteiger partial charge < -0.3 is 15.6 Å². The summed E-state index contributed by atoms with van der Waals surface area (Å²) in [7, 11) is 0. The van der Waals surface area contributed by atoms with E-state index in [2.05, 4.69) is 34.1 Å². The van der Waals surface area contributed by atoms with Gasteiger partial charge in [-0.1, -0.05) is 48.7 Å². The van der Waals surface area contributed by atoms with Gasteiger partial charge in [-0.05, 0) is 42.7 Å². The number of aromatic nitrogens is 2. The largest absolute Gasteiger partial charge is 0.351 e. The second-order valence-electron chi connectivity index (χ2n) is 6.84. The monoisotopic (exact) mass is 354 g/mol. The molecule has 130 valence electrons. The Balaban J connectivity index is 1.70. The molecule has 2 aromatic carbocycles. The fourth-order valence-corrected chi connectivity index (χ4v) is 3.88. The van der Waals surface area contributed by atoms with Crippen LogP contribution < -0.4 is 11.1 Å². The lowest BCUT2D eigenvalue weighted by Crippen LogP contribution is -2.43. The van der Waals surface area contributed by atoms with Crippen LogP contribution in [0.15, 0.2) is 48.5 Å². The van der Waals surface area contributed by atoms with E-state index >= 15 is 0 Å². The van der Waals surface area contributed by atoms with Gasteiger partial charge in [-0.25, -0.2) is 4.98 Å². The lowest BCUT2D eigenvalue weighted by atomic mass is 9.91. The first-order valence-corrected chi connectivity index (χ1v) is 9.30. The summed E-state index contributed by atoms with van der Waals surface area (Å²) in [6, 6.07) is 16.7. The number of rotatable bonds is 4. The zero-order chi connectivity index (χ0) is 17.2. The number of halogens is 1. The molecule has 0 aliphatic heterocycles. The lowest BCUT2D eigenvalue weighted by molar-refractivity contribution is 0.401. The summed E-state index contributed by atoms with van der Waals surface area (Å²) in [5.74, 6) is 0.892. The quantitative estimate of drug-likeness (QED) is 0.729. The van der Waals surface area contributed by atoms with Gasteiger partial charge in [0, 0.05) is 17.1 Å². The Kier molecular flexibility index (Phi) is 4.64. The molecule has 3 N–H and O–H groups in total. The Morgan fingerprint density at radius 2 is 1.96 bits per heavy atom. The van der Waals surface area contributed by atoms with Crippen LogP contribution in [0.25, 0.3) is 11.0 Å². The fourth-order valence-electron chi connectivity index (χ4n) is 3.67. The van der Waals surface area contributed by atoms with E-state index in [4.69, 9.17) is 22.3 Å². The molecule has 1 fully saturated rings. The number of hydrogen-bond donors (Lipinski definition) is 2. The number of para-hydroxylation sites is 2. The van der Waals surface area contributed by atoms with Crippen LogP contribution in [0.1, 0.15) is 31.2 Å². The predicted molar refractivity (Wildman–Crippen MR) is 104 cm³/mol. The Hall–Kier alpha value is -2.04. The highest BCUT2D eigenvalue weighted by atomic mass is 35.5. The van der Waals surface area contributed by atoms with E-state index in [0.717, 1.165) is 47.0 Å². The summed E-state index contributed by atoms with van der Waals surface area (Å²) in [6.45, 7) is 0.728. The first-order chi connectivity index (χ1) is 12.2. The molecule has 1 aliphatic carbocycles. The first kappa shape index (κ1) is 16.4. The van der Waals surface area contributed by atoms with Gasteiger partial charge in [-0.2, -0.15) is 0 Å². The number of benzene rings is 2. The van der Waals surface area contributed by atoms with Gasteiger partial charge in [0.15, 0.2) is 0 Å². The Morgan fingerprint density at radius 3 is 2.80 bits per heavy atom. The minimum atomic E-state index is 0.188. The van der Waals surface area contributed by atoms with Crippen LogP contribution in [0.5, 0.6) is 0 Å². The minimum absolute atomic E-state index is 0.188. The molecule has 4 nitrogen and oxygen atoms in total. The van der Waals surface area contributed by atoms with Gasteiger partial charge in [-0.3, -0.25) is 0 Å². The van der Waals surface area contributed by atoms with Gasteiger partial charge >= 0.3 is 0 Å². The van der Waals surface area contributed by atoms with Crippen LogP contribution in [0.4, 0.5) is 5.95 Å². The molecule has 1 heterocycles. The maximum atomic E-state index is 6.33. The zero-order valence-corrected chi connectivity index (χ0v) is 14.9. The van der Waals surface area contributed by atoms with Gasteiger partial charge in [0.1, 0.15) is 0 Å². The summed E-state index contributed by atoms with van der Waals surface area (Å²) in [5.41, 5.74) is 9.60. The average molecular weight is 355 g/mol. The summed E-state index contributed by atoms with van der Waals surface area (Å²) in [5, 5.41) is 4.37. The first-order valence-electron chi connectivity index (χ1n) is 8.92. The molecule has 1 aromatic heterocycles. The van der Waals surface area contributed by atoms with Crippen LogP contribution in [0.3, 0.4) is 0 Å². The Morgan fingerprint density at radius 1 is 1.12 bits per heavy atom. The molecule has 0 radical (unpaired) electrons. The number of nitrogens with two attached hydrogens (primary N) is 1. The molecule has 25 heavy (non-hydrogen) atoms. The molecule has 0 saturated heterocycles. The number of imidazole rings is 1. The fraction of sp³-hybridized carbons (Fsp3) is 0.350. The summed E-state index contributed by atoms with van der Waals surface area (Å²) < 4.78 is 2.22. The molecule has 0 amide bonds. The molecular weight excluding hydrogens is 332 g/mol. The van der Waals surface area contributed by atoms with Crippen LogP contribution in [-0.2, 0) is 6.54 Å². The topological polar surface area (TPSA) is 55.9 Å². The average Bonchev–Trinajstić information content (AvgIpc) is 2.95. The van der Waals surface area contributed by atoms with Crippen molar-refractivity contribution in [3.05, 3.63) is 59.1 Å². The van der Waals surface area contributed by atoms with Crippen molar-refractivity contribution in [2.75, 3.05) is 5.32 Å². The third-order valence-corrected chi connectivity index (χ3v) is 5.25. The van der Waals surface area contributed by atoms with Crippen LogP contribution >= 0.6 is 11.6 Å². The van der Waals surface area contributed by atoms with E-state index in [0.29, 0.717) is 0 Å². The van der Waals surface area contributed by atoms with Crippen LogP contribution in [-0.4, -0.2) is 21.6 Å². The van der Waals surface area contributed by atoms with Gasteiger partial charge in [0.2, 0.25) is 5.95 Å². The standard InChI is InChI=1S/C20H23ClN4/c21-15-7-5-6-14(12-15)13-25-19-11-4-3-10-18(19)24-20(25)23-17-9-2-1-8-16(17)22/h3-7,10-12,16-17H,1-2,8-9,13,22H2,(H,23,24)/t16-,17+/m1/s1. The lowest BCUT2D eigenvalue weighted by Gasteiger charge is -2.29. The highest BCUT2D eigenvalue weighted by Crippen LogP contribution is 2.25. The molecule has 2 atom stereocenters. The SMILES string of the molecule is N[C@@H]1CCCC[C@@H]1Nc1nc2ccccc2n1Cc1cccc(Cl)c1.